The number of methoxy groups -OCH3 is 1. The van der Waals surface area contributed by atoms with Gasteiger partial charge in [-0.15, -0.1) is 0 Å². The molecule has 1 unspecified atom stereocenters. The Morgan fingerprint density at radius 3 is 2.69 bits per heavy atom. The van der Waals surface area contributed by atoms with E-state index >= 15 is 0 Å². The molecule has 0 radical (unpaired) electrons. The molecule has 0 aromatic heterocycles. The summed E-state index contributed by atoms with van der Waals surface area (Å²) in [5.74, 6) is 1.41. The van der Waals surface area contributed by atoms with Gasteiger partial charge in [0.1, 0.15) is 18.5 Å². The predicted octanol–water partition coefficient (Wildman–Crippen LogP) is 4.85. The first-order valence-corrected chi connectivity index (χ1v) is 11.9. The van der Waals surface area contributed by atoms with Crippen LogP contribution in [0.1, 0.15) is 22.8 Å². The van der Waals surface area contributed by atoms with Crippen molar-refractivity contribution in [2.24, 2.45) is 5.14 Å². The molecule has 3 aromatic carbocycles. The minimum atomic E-state index is -3.70. The van der Waals surface area contributed by atoms with Gasteiger partial charge in [0.15, 0.2) is 11.5 Å². The van der Waals surface area contributed by atoms with E-state index < -0.39 is 16.1 Å². The second kappa shape index (κ2) is 8.86. The van der Waals surface area contributed by atoms with Crippen LogP contribution >= 0.6 is 11.6 Å². The van der Waals surface area contributed by atoms with Crippen molar-refractivity contribution in [3.8, 4) is 28.4 Å². The van der Waals surface area contributed by atoms with Crippen LogP contribution in [-0.2, 0) is 15.8 Å². The number of primary sulfonamides is 1. The van der Waals surface area contributed by atoms with E-state index in [1.54, 1.807) is 37.5 Å². The number of benzene rings is 3. The molecule has 1 aliphatic rings. The van der Waals surface area contributed by atoms with E-state index in [2.05, 4.69) is 6.58 Å². The largest absolute Gasteiger partial charge is 0.492 e. The molecule has 0 amide bonds. The summed E-state index contributed by atoms with van der Waals surface area (Å²) in [5.41, 5.74) is 3.74. The van der Waals surface area contributed by atoms with Crippen molar-refractivity contribution in [1.29, 1.82) is 0 Å². The van der Waals surface area contributed by atoms with Gasteiger partial charge >= 0.3 is 0 Å². The SMILES string of the molecule is C=CCOc1ccc2c(c1OC)-c1ccc(CS(N)(=O)=O)cc1C(c1cccc(Cl)c1)O2. The maximum Gasteiger partial charge on any atom is 0.213 e. The molecule has 0 aliphatic carbocycles. The molecule has 1 aliphatic heterocycles. The predicted molar refractivity (Wildman–Crippen MR) is 125 cm³/mol. The Labute approximate surface area is 192 Å². The highest BCUT2D eigenvalue weighted by atomic mass is 35.5. The molecule has 166 valence electrons. The zero-order valence-corrected chi connectivity index (χ0v) is 18.9. The smallest absolute Gasteiger partial charge is 0.213 e. The molecule has 3 aromatic rings. The molecule has 1 atom stereocenters. The van der Waals surface area contributed by atoms with Gasteiger partial charge in [-0.1, -0.05) is 54.6 Å². The van der Waals surface area contributed by atoms with Gasteiger partial charge in [-0.25, -0.2) is 13.6 Å². The first kappa shape index (κ1) is 22.2. The van der Waals surface area contributed by atoms with Gasteiger partial charge in [0.25, 0.3) is 0 Å². The number of sulfonamides is 1. The second-order valence-electron chi connectivity index (χ2n) is 7.35. The highest BCUT2D eigenvalue weighted by Gasteiger charge is 2.32. The van der Waals surface area contributed by atoms with Crippen molar-refractivity contribution in [2.75, 3.05) is 13.7 Å². The first-order valence-electron chi connectivity index (χ1n) is 9.81. The fourth-order valence-electron chi connectivity index (χ4n) is 3.85. The summed E-state index contributed by atoms with van der Waals surface area (Å²) in [7, 11) is -2.13. The fraction of sp³-hybridized carbons (Fsp3) is 0.167. The number of hydrogen-bond acceptors (Lipinski definition) is 5. The van der Waals surface area contributed by atoms with E-state index in [9.17, 15) is 8.42 Å². The third-order valence-corrected chi connectivity index (χ3v) is 6.05. The van der Waals surface area contributed by atoms with Gasteiger partial charge in [0.2, 0.25) is 10.0 Å². The summed E-state index contributed by atoms with van der Waals surface area (Å²) in [6, 6.07) is 16.4. The molecule has 2 N–H and O–H groups in total. The normalized spacial score (nSPS) is 14.7. The quantitative estimate of drug-likeness (QED) is 0.497. The summed E-state index contributed by atoms with van der Waals surface area (Å²) in [4.78, 5) is 0. The molecular formula is C24H22ClNO5S. The lowest BCUT2D eigenvalue weighted by atomic mass is 9.88. The van der Waals surface area contributed by atoms with Gasteiger partial charge in [-0.2, -0.15) is 0 Å². The van der Waals surface area contributed by atoms with Crippen LogP contribution in [0.2, 0.25) is 5.02 Å². The van der Waals surface area contributed by atoms with Gasteiger partial charge in [-0.3, -0.25) is 0 Å². The van der Waals surface area contributed by atoms with E-state index in [1.165, 1.54) is 0 Å². The average molecular weight is 472 g/mol. The standard InChI is InChI=1S/C24H22ClNO5S/c1-3-11-30-21-10-9-20-22(24(21)29-2)18-8-7-15(14-32(26,27)28)12-19(18)23(31-20)16-5-4-6-17(25)13-16/h3-10,12-13,23H,1,11,14H2,2H3,(H2,26,27,28). The maximum absolute atomic E-state index is 11.7. The van der Waals surface area contributed by atoms with Crippen molar-refractivity contribution < 1.29 is 22.6 Å². The van der Waals surface area contributed by atoms with Gasteiger partial charge < -0.3 is 14.2 Å². The van der Waals surface area contributed by atoms with E-state index in [0.29, 0.717) is 34.4 Å². The second-order valence-corrected chi connectivity index (χ2v) is 9.40. The molecule has 6 nitrogen and oxygen atoms in total. The highest BCUT2D eigenvalue weighted by molar-refractivity contribution is 7.88. The lowest BCUT2D eigenvalue weighted by Gasteiger charge is -2.31. The highest BCUT2D eigenvalue weighted by Crippen LogP contribution is 2.52. The number of rotatable bonds is 7. The van der Waals surface area contributed by atoms with Gasteiger partial charge in [0, 0.05) is 10.6 Å². The molecule has 4 rings (SSSR count). The molecular weight excluding hydrogens is 450 g/mol. The third kappa shape index (κ3) is 4.46. The van der Waals surface area contributed by atoms with Gasteiger partial charge in [-0.05, 0) is 41.0 Å². The topological polar surface area (TPSA) is 87.9 Å². The van der Waals surface area contributed by atoms with Crippen LogP contribution < -0.4 is 19.3 Å². The first-order chi connectivity index (χ1) is 15.3. The number of hydrogen-bond donors (Lipinski definition) is 1. The Bertz CT molecular complexity index is 1290. The lowest BCUT2D eigenvalue weighted by Crippen LogP contribution is -2.18. The number of fused-ring (bicyclic) bond motifs is 3. The van der Waals surface area contributed by atoms with Crippen LogP contribution in [0.3, 0.4) is 0 Å². The lowest BCUT2D eigenvalue weighted by molar-refractivity contribution is 0.240. The Morgan fingerprint density at radius 2 is 2.00 bits per heavy atom. The van der Waals surface area contributed by atoms with E-state index in [1.807, 2.05) is 30.3 Å². The van der Waals surface area contributed by atoms with Crippen LogP contribution in [0.5, 0.6) is 17.2 Å². The van der Waals surface area contributed by atoms with E-state index in [-0.39, 0.29) is 5.75 Å². The van der Waals surface area contributed by atoms with Crippen molar-refractivity contribution >= 4 is 21.6 Å². The molecule has 32 heavy (non-hydrogen) atoms. The summed E-state index contributed by atoms with van der Waals surface area (Å²) < 4.78 is 41.2. The Balaban J connectivity index is 1.93. The minimum absolute atomic E-state index is 0.283. The monoisotopic (exact) mass is 471 g/mol. The molecule has 0 saturated carbocycles. The van der Waals surface area contributed by atoms with Crippen LogP contribution in [0.25, 0.3) is 11.1 Å². The summed E-state index contributed by atoms with van der Waals surface area (Å²) in [5, 5.41) is 5.85. The molecule has 8 heteroatoms. The average Bonchev–Trinajstić information content (AvgIpc) is 2.75. The molecule has 0 bridgehead atoms. The zero-order valence-electron chi connectivity index (χ0n) is 17.4. The summed E-state index contributed by atoms with van der Waals surface area (Å²) in [6.07, 6.45) is 1.15. The fourth-order valence-corrected chi connectivity index (χ4v) is 4.69. The van der Waals surface area contributed by atoms with Crippen LogP contribution in [-0.4, -0.2) is 22.1 Å². The Kier molecular flexibility index (Phi) is 6.15. The van der Waals surface area contributed by atoms with Crippen molar-refractivity contribution in [1.82, 2.24) is 0 Å². The molecule has 0 spiro atoms. The van der Waals surface area contributed by atoms with Gasteiger partial charge in [0.05, 0.1) is 18.4 Å². The number of nitrogens with two attached hydrogens (primary N) is 1. The number of ether oxygens (including phenoxy) is 3. The van der Waals surface area contributed by atoms with Crippen molar-refractivity contribution in [3.05, 3.63) is 89.0 Å². The summed E-state index contributed by atoms with van der Waals surface area (Å²) in [6.45, 7) is 4.00. The molecule has 0 fully saturated rings. The van der Waals surface area contributed by atoms with Crippen molar-refractivity contribution in [3.63, 3.8) is 0 Å². The Morgan fingerprint density at radius 1 is 1.19 bits per heavy atom. The summed E-state index contributed by atoms with van der Waals surface area (Å²) >= 11 is 6.23. The van der Waals surface area contributed by atoms with Crippen molar-refractivity contribution in [2.45, 2.75) is 11.9 Å². The van der Waals surface area contributed by atoms with Crippen LogP contribution in [0, 0.1) is 0 Å². The Hall–Kier alpha value is -3.00. The molecule has 1 heterocycles. The molecule has 0 saturated heterocycles. The number of halogens is 1. The minimum Gasteiger partial charge on any atom is -0.492 e. The van der Waals surface area contributed by atoms with E-state index in [0.717, 1.165) is 22.3 Å². The van der Waals surface area contributed by atoms with Crippen LogP contribution in [0.4, 0.5) is 0 Å². The maximum atomic E-state index is 11.7. The zero-order chi connectivity index (χ0) is 22.9. The third-order valence-electron chi connectivity index (χ3n) is 5.08. The van der Waals surface area contributed by atoms with E-state index in [4.69, 9.17) is 31.0 Å². The van der Waals surface area contributed by atoms with Crippen LogP contribution in [0.15, 0.2) is 67.3 Å².